The molecule has 1 aromatic rings. The van der Waals surface area contributed by atoms with E-state index in [-0.39, 0.29) is 48.2 Å². The maximum absolute atomic E-state index is 10.8. The Morgan fingerprint density at radius 1 is 1.50 bits per heavy atom. The van der Waals surface area contributed by atoms with Crippen molar-refractivity contribution >= 4 is 35.6 Å². The van der Waals surface area contributed by atoms with Gasteiger partial charge in [0.2, 0.25) is 0 Å². The van der Waals surface area contributed by atoms with Crippen molar-refractivity contribution in [3.05, 3.63) is 39.9 Å². The van der Waals surface area contributed by atoms with Gasteiger partial charge in [-0.1, -0.05) is 18.2 Å². The van der Waals surface area contributed by atoms with Gasteiger partial charge in [0.15, 0.2) is 5.96 Å². The van der Waals surface area contributed by atoms with Gasteiger partial charge in [0, 0.05) is 12.1 Å². The molecule has 6 nitrogen and oxygen atoms in total. The smallest absolute Gasteiger partial charge is 0.274 e. The van der Waals surface area contributed by atoms with Crippen molar-refractivity contribution in [3.8, 4) is 0 Å². The molecule has 1 rings (SSSR count). The highest BCUT2D eigenvalue weighted by Crippen LogP contribution is 2.18. The van der Waals surface area contributed by atoms with Crippen molar-refractivity contribution in [1.82, 2.24) is 5.32 Å². The van der Waals surface area contributed by atoms with Crippen LogP contribution in [0.25, 0.3) is 0 Å². The number of nitrogens with zero attached hydrogens (tertiary/aromatic N) is 2. The highest BCUT2D eigenvalue weighted by atomic mass is 127. The molecule has 0 saturated heterocycles. The summed E-state index contributed by atoms with van der Waals surface area (Å²) in [5.74, 6) is 0.290. The Balaban J connectivity index is 0.00000289. The number of nitro benzene ring substituents is 1. The van der Waals surface area contributed by atoms with Crippen molar-refractivity contribution in [3.63, 3.8) is 0 Å². The topological polar surface area (TPSA) is 93.5 Å². The van der Waals surface area contributed by atoms with Crippen LogP contribution in [0.2, 0.25) is 0 Å². The van der Waals surface area contributed by atoms with Gasteiger partial charge >= 0.3 is 0 Å². The van der Waals surface area contributed by atoms with Crippen LogP contribution >= 0.6 is 24.0 Å². The van der Waals surface area contributed by atoms with Gasteiger partial charge in [-0.3, -0.25) is 10.1 Å². The highest BCUT2D eigenvalue weighted by Gasteiger charge is 2.11. The van der Waals surface area contributed by atoms with E-state index in [1.54, 1.807) is 18.2 Å². The molecule has 0 aliphatic heterocycles. The van der Waals surface area contributed by atoms with E-state index in [0.717, 1.165) is 0 Å². The van der Waals surface area contributed by atoms with Gasteiger partial charge in [0.25, 0.3) is 5.69 Å². The van der Waals surface area contributed by atoms with Crippen LogP contribution < -0.4 is 11.1 Å². The van der Waals surface area contributed by atoms with Crippen LogP contribution in [0.15, 0.2) is 29.3 Å². The number of benzene rings is 1. The summed E-state index contributed by atoms with van der Waals surface area (Å²) in [6, 6.07) is 6.68. The van der Waals surface area contributed by atoms with Crippen molar-refractivity contribution in [2.45, 2.75) is 26.4 Å². The second kappa shape index (κ2) is 7.85. The van der Waals surface area contributed by atoms with Crippen LogP contribution in [-0.2, 0) is 6.54 Å². The number of guanidine groups is 1. The van der Waals surface area contributed by atoms with E-state index < -0.39 is 4.92 Å². The van der Waals surface area contributed by atoms with E-state index in [2.05, 4.69) is 10.3 Å². The molecule has 0 atom stereocenters. The van der Waals surface area contributed by atoms with Gasteiger partial charge in [-0.15, -0.1) is 24.0 Å². The maximum Gasteiger partial charge on any atom is 0.274 e. The molecule has 100 valence electrons. The summed E-state index contributed by atoms with van der Waals surface area (Å²) in [7, 11) is 0. The number of nitrogens with one attached hydrogen (secondary N) is 1. The van der Waals surface area contributed by atoms with Crippen molar-refractivity contribution in [1.29, 1.82) is 0 Å². The number of aliphatic imine (C=N–C) groups is 1. The molecule has 3 N–H and O–H groups in total. The van der Waals surface area contributed by atoms with E-state index in [0.29, 0.717) is 5.56 Å². The number of halogens is 1. The Hall–Kier alpha value is -1.38. The van der Waals surface area contributed by atoms with Crippen LogP contribution in [0.3, 0.4) is 0 Å². The minimum absolute atomic E-state index is 0. The SMILES string of the molecule is CC(C)NC(N)=NCc1ccccc1[N+](=O)[O-].I. The van der Waals surface area contributed by atoms with Gasteiger partial charge in [-0.25, -0.2) is 4.99 Å². The van der Waals surface area contributed by atoms with Crippen molar-refractivity contribution in [2.75, 3.05) is 0 Å². The van der Waals surface area contributed by atoms with Crippen LogP contribution in [0.1, 0.15) is 19.4 Å². The molecule has 0 fully saturated rings. The third-order valence-electron chi connectivity index (χ3n) is 2.04. The lowest BCUT2D eigenvalue weighted by Crippen LogP contribution is -2.36. The van der Waals surface area contributed by atoms with Crippen LogP contribution in [0.5, 0.6) is 0 Å². The zero-order valence-corrected chi connectivity index (χ0v) is 12.6. The van der Waals surface area contributed by atoms with Gasteiger partial charge in [0.1, 0.15) is 0 Å². The summed E-state index contributed by atoms with van der Waals surface area (Å²) in [5, 5.41) is 13.7. The molecular weight excluding hydrogens is 347 g/mol. The van der Waals surface area contributed by atoms with Crippen LogP contribution in [-0.4, -0.2) is 16.9 Å². The molecule has 0 amide bonds. The average molecular weight is 364 g/mol. The predicted octanol–water partition coefficient (Wildman–Crippen LogP) is 2.03. The molecule has 0 unspecified atom stereocenters. The quantitative estimate of drug-likeness (QED) is 0.281. The molecule has 0 spiro atoms. The van der Waals surface area contributed by atoms with E-state index in [9.17, 15) is 10.1 Å². The van der Waals surface area contributed by atoms with E-state index in [4.69, 9.17) is 5.73 Å². The average Bonchev–Trinajstić information content (AvgIpc) is 2.25. The molecule has 18 heavy (non-hydrogen) atoms. The molecule has 0 saturated carbocycles. The van der Waals surface area contributed by atoms with Crippen LogP contribution in [0.4, 0.5) is 5.69 Å². The second-order valence-electron chi connectivity index (χ2n) is 3.89. The first-order valence-electron chi connectivity index (χ1n) is 5.29. The molecule has 0 heterocycles. The normalized spacial score (nSPS) is 10.9. The minimum atomic E-state index is -0.420. The van der Waals surface area contributed by atoms with Gasteiger partial charge in [-0.2, -0.15) is 0 Å². The highest BCUT2D eigenvalue weighted by molar-refractivity contribution is 14.0. The molecule has 0 bridgehead atoms. The Kier molecular flexibility index (Phi) is 7.25. The molecule has 0 aliphatic carbocycles. The summed E-state index contributed by atoms with van der Waals surface area (Å²) in [5.41, 5.74) is 6.23. The number of hydrogen-bond acceptors (Lipinski definition) is 3. The monoisotopic (exact) mass is 364 g/mol. The zero-order valence-electron chi connectivity index (χ0n) is 10.3. The number of para-hydroxylation sites is 1. The van der Waals surface area contributed by atoms with Gasteiger partial charge in [0.05, 0.1) is 17.0 Å². The number of nitro groups is 1. The predicted molar refractivity (Wildman–Crippen MR) is 82.1 cm³/mol. The maximum atomic E-state index is 10.8. The molecule has 1 aromatic carbocycles. The summed E-state index contributed by atoms with van der Waals surface area (Å²) < 4.78 is 0. The Morgan fingerprint density at radius 3 is 2.67 bits per heavy atom. The molecular formula is C11H17IN4O2. The number of rotatable bonds is 4. The van der Waals surface area contributed by atoms with Crippen molar-refractivity contribution in [2.24, 2.45) is 10.7 Å². The molecule has 7 heteroatoms. The summed E-state index contributed by atoms with van der Waals surface area (Å²) >= 11 is 0. The number of nitrogens with two attached hydrogens (primary N) is 1. The van der Waals surface area contributed by atoms with E-state index in [1.807, 2.05) is 13.8 Å². The summed E-state index contributed by atoms with van der Waals surface area (Å²) in [6.07, 6.45) is 0. The molecule has 0 radical (unpaired) electrons. The largest absolute Gasteiger partial charge is 0.370 e. The number of hydrogen-bond donors (Lipinski definition) is 2. The fourth-order valence-electron chi connectivity index (χ4n) is 1.33. The first kappa shape index (κ1) is 16.6. The first-order chi connectivity index (χ1) is 8.00. The van der Waals surface area contributed by atoms with Crippen LogP contribution in [0, 0.1) is 10.1 Å². The minimum Gasteiger partial charge on any atom is -0.370 e. The Bertz CT molecular complexity index is 435. The second-order valence-corrected chi connectivity index (χ2v) is 3.89. The van der Waals surface area contributed by atoms with Crippen molar-refractivity contribution < 1.29 is 4.92 Å². The molecule has 0 aromatic heterocycles. The lowest BCUT2D eigenvalue weighted by molar-refractivity contribution is -0.385. The fourth-order valence-corrected chi connectivity index (χ4v) is 1.33. The summed E-state index contributed by atoms with van der Waals surface area (Å²) in [4.78, 5) is 14.4. The Labute approximate surface area is 123 Å². The molecule has 0 aliphatic rings. The van der Waals surface area contributed by atoms with Gasteiger partial charge < -0.3 is 11.1 Å². The zero-order chi connectivity index (χ0) is 12.8. The lowest BCUT2D eigenvalue weighted by atomic mass is 10.2. The van der Waals surface area contributed by atoms with E-state index >= 15 is 0 Å². The lowest BCUT2D eigenvalue weighted by Gasteiger charge is -2.08. The van der Waals surface area contributed by atoms with E-state index in [1.165, 1.54) is 6.07 Å². The third kappa shape index (κ3) is 5.30. The fraction of sp³-hybridized carbons (Fsp3) is 0.364. The third-order valence-corrected chi connectivity index (χ3v) is 2.04. The van der Waals surface area contributed by atoms with Gasteiger partial charge in [-0.05, 0) is 13.8 Å². The Morgan fingerprint density at radius 2 is 2.11 bits per heavy atom. The summed E-state index contributed by atoms with van der Waals surface area (Å²) in [6.45, 7) is 4.07. The standard InChI is InChI=1S/C11H16N4O2.HI/c1-8(2)14-11(12)13-7-9-5-3-4-6-10(9)15(16)17;/h3-6,8H,7H2,1-2H3,(H3,12,13,14);1H. The first-order valence-corrected chi connectivity index (χ1v) is 5.29.